The van der Waals surface area contributed by atoms with Crippen LogP contribution in [0.15, 0.2) is 36.7 Å². The molecule has 0 aliphatic rings. The summed E-state index contributed by atoms with van der Waals surface area (Å²) in [4.78, 5) is 0. The molecule has 83 valence electrons. The van der Waals surface area contributed by atoms with Gasteiger partial charge in [0.15, 0.2) is 0 Å². The van der Waals surface area contributed by atoms with E-state index in [9.17, 15) is 8.42 Å². The predicted molar refractivity (Wildman–Crippen MR) is 59.3 cm³/mol. The standard InChI is InChI=1S/C10H10N3O2S/c14-16(15)8-10-4-2-1-3-9(10)7-13-6-5-11-12-13/h1-7,16H,8H2. The third kappa shape index (κ3) is 2.66. The van der Waals surface area contributed by atoms with Crippen LogP contribution in [0.5, 0.6) is 0 Å². The van der Waals surface area contributed by atoms with E-state index < -0.39 is 10.7 Å². The Balaban J connectivity index is 2.26. The second kappa shape index (κ2) is 4.89. The maximum absolute atomic E-state index is 10.7. The van der Waals surface area contributed by atoms with E-state index in [1.54, 1.807) is 25.0 Å². The van der Waals surface area contributed by atoms with Gasteiger partial charge >= 0.3 is 0 Å². The largest absolute Gasteiger partial charge is 0.243 e. The first-order chi connectivity index (χ1) is 7.75. The Bertz CT molecular complexity index is 527. The summed E-state index contributed by atoms with van der Waals surface area (Å²) in [7, 11) is -2.42. The molecule has 0 fully saturated rings. The highest BCUT2D eigenvalue weighted by molar-refractivity contribution is 7.71. The molecule has 5 nitrogen and oxygen atoms in total. The maximum atomic E-state index is 10.7. The first-order valence-corrected chi connectivity index (χ1v) is 6.02. The normalized spacial score (nSPS) is 10.8. The van der Waals surface area contributed by atoms with Crippen molar-refractivity contribution in [1.29, 1.82) is 0 Å². The molecule has 1 radical (unpaired) electrons. The smallest absolute Gasteiger partial charge is 0.144 e. The van der Waals surface area contributed by atoms with Crippen molar-refractivity contribution in [3.05, 3.63) is 54.3 Å². The molecule has 0 atom stereocenters. The van der Waals surface area contributed by atoms with E-state index in [0.29, 0.717) is 0 Å². The fraction of sp³-hybridized carbons (Fsp3) is 0.100. The molecule has 1 heterocycles. The molecule has 1 aromatic carbocycles. The summed E-state index contributed by atoms with van der Waals surface area (Å²) >= 11 is 0. The van der Waals surface area contributed by atoms with E-state index in [1.807, 2.05) is 18.2 Å². The highest BCUT2D eigenvalue weighted by atomic mass is 32.2. The zero-order chi connectivity index (χ0) is 11.4. The van der Waals surface area contributed by atoms with E-state index >= 15 is 0 Å². The molecule has 0 spiro atoms. The van der Waals surface area contributed by atoms with Gasteiger partial charge in [-0.25, -0.2) is 13.1 Å². The van der Waals surface area contributed by atoms with Crippen molar-refractivity contribution in [3.8, 4) is 0 Å². The molecule has 2 rings (SSSR count). The number of thiol groups is 1. The van der Waals surface area contributed by atoms with Crippen LogP contribution in [0.1, 0.15) is 11.1 Å². The van der Waals surface area contributed by atoms with E-state index in [1.165, 1.54) is 4.68 Å². The van der Waals surface area contributed by atoms with E-state index in [2.05, 4.69) is 10.3 Å². The lowest BCUT2D eigenvalue weighted by atomic mass is 10.1. The molecule has 2 aromatic rings. The molecular weight excluding hydrogens is 226 g/mol. The lowest BCUT2D eigenvalue weighted by Crippen LogP contribution is -2.01. The van der Waals surface area contributed by atoms with Gasteiger partial charge in [0, 0.05) is 6.20 Å². The van der Waals surface area contributed by atoms with Gasteiger partial charge in [-0.15, -0.1) is 5.10 Å². The number of rotatable bonds is 4. The Hall–Kier alpha value is -1.69. The van der Waals surface area contributed by atoms with Crippen molar-refractivity contribution in [1.82, 2.24) is 15.0 Å². The Kier molecular flexibility index (Phi) is 3.31. The topological polar surface area (TPSA) is 64.8 Å². The minimum absolute atomic E-state index is 0.0384. The molecule has 16 heavy (non-hydrogen) atoms. The summed E-state index contributed by atoms with van der Waals surface area (Å²) in [6.45, 7) is 1.74. The quantitative estimate of drug-likeness (QED) is 0.783. The Morgan fingerprint density at radius 3 is 2.81 bits per heavy atom. The van der Waals surface area contributed by atoms with Gasteiger partial charge in [0.05, 0.1) is 11.9 Å². The van der Waals surface area contributed by atoms with Crippen LogP contribution < -0.4 is 0 Å². The Morgan fingerprint density at radius 2 is 2.12 bits per heavy atom. The monoisotopic (exact) mass is 236 g/mol. The molecule has 0 amide bonds. The highest BCUT2D eigenvalue weighted by Gasteiger charge is 2.04. The van der Waals surface area contributed by atoms with Crippen molar-refractivity contribution in [2.45, 2.75) is 5.75 Å². The fourth-order valence-electron chi connectivity index (χ4n) is 1.37. The average Bonchev–Trinajstić information content (AvgIpc) is 2.73. The van der Waals surface area contributed by atoms with Gasteiger partial charge < -0.3 is 0 Å². The first kappa shape index (κ1) is 10.8. The van der Waals surface area contributed by atoms with Gasteiger partial charge in [0.1, 0.15) is 17.2 Å². The van der Waals surface area contributed by atoms with Crippen molar-refractivity contribution >= 4 is 10.7 Å². The molecule has 0 saturated heterocycles. The van der Waals surface area contributed by atoms with Gasteiger partial charge in [-0.3, -0.25) is 0 Å². The molecule has 1 aromatic heterocycles. The summed E-state index contributed by atoms with van der Waals surface area (Å²) in [5.74, 6) is 0.0384. The molecule has 0 aliphatic carbocycles. The van der Waals surface area contributed by atoms with Gasteiger partial charge in [-0.05, 0) is 11.1 Å². The van der Waals surface area contributed by atoms with Gasteiger partial charge in [-0.2, -0.15) is 0 Å². The summed E-state index contributed by atoms with van der Waals surface area (Å²) in [5, 5.41) is 7.46. The van der Waals surface area contributed by atoms with Gasteiger partial charge in [0.2, 0.25) is 0 Å². The second-order valence-electron chi connectivity index (χ2n) is 3.20. The van der Waals surface area contributed by atoms with Crippen LogP contribution in [-0.2, 0) is 16.5 Å². The third-order valence-electron chi connectivity index (χ3n) is 2.07. The van der Waals surface area contributed by atoms with E-state index in [-0.39, 0.29) is 5.75 Å². The fourth-order valence-corrected chi connectivity index (χ4v) is 1.94. The van der Waals surface area contributed by atoms with Crippen LogP contribution in [0.3, 0.4) is 0 Å². The van der Waals surface area contributed by atoms with Crippen molar-refractivity contribution in [2.75, 3.05) is 0 Å². The van der Waals surface area contributed by atoms with Crippen molar-refractivity contribution < 1.29 is 8.42 Å². The van der Waals surface area contributed by atoms with Gasteiger partial charge in [-0.1, -0.05) is 29.5 Å². The number of hydrogen-bond acceptors (Lipinski definition) is 4. The first-order valence-electron chi connectivity index (χ1n) is 4.66. The van der Waals surface area contributed by atoms with Crippen molar-refractivity contribution in [2.24, 2.45) is 0 Å². The van der Waals surface area contributed by atoms with Crippen LogP contribution in [0.4, 0.5) is 0 Å². The SMILES string of the molecule is O=[SH](=O)Cc1ccccc1[CH]n1ccnn1. The predicted octanol–water partition coefficient (Wildman–Crippen LogP) is 0.448. The minimum Gasteiger partial charge on any atom is -0.243 e. The lowest BCUT2D eigenvalue weighted by Gasteiger charge is -2.05. The van der Waals surface area contributed by atoms with Crippen LogP contribution in [0.25, 0.3) is 0 Å². The molecule has 0 saturated carbocycles. The van der Waals surface area contributed by atoms with Crippen LogP contribution in [-0.4, -0.2) is 23.4 Å². The van der Waals surface area contributed by atoms with Crippen LogP contribution in [0, 0.1) is 6.54 Å². The van der Waals surface area contributed by atoms with Crippen molar-refractivity contribution in [3.63, 3.8) is 0 Å². The Labute approximate surface area is 94.7 Å². The summed E-state index contributed by atoms with van der Waals surface area (Å²) in [6, 6.07) is 7.29. The number of aromatic nitrogens is 3. The summed E-state index contributed by atoms with van der Waals surface area (Å²) in [5.41, 5.74) is 1.58. The molecule has 0 unspecified atom stereocenters. The van der Waals surface area contributed by atoms with E-state index in [0.717, 1.165) is 11.1 Å². The van der Waals surface area contributed by atoms with Crippen LogP contribution in [0.2, 0.25) is 0 Å². The zero-order valence-corrected chi connectivity index (χ0v) is 9.25. The maximum Gasteiger partial charge on any atom is 0.144 e. The lowest BCUT2D eigenvalue weighted by molar-refractivity contribution is 0.613. The molecule has 6 heteroatoms. The number of hydrogen-bond donors (Lipinski definition) is 1. The molecule has 0 aliphatic heterocycles. The molecule has 0 bridgehead atoms. The number of benzene rings is 1. The summed E-state index contributed by atoms with van der Waals surface area (Å²) in [6.07, 6.45) is 3.25. The second-order valence-corrected chi connectivity index (χ2v) is 4.18. The minimum atomic E-state index is -2.42. The number of nitrogens with zero attached hydrogens (tertiary/aromatic N) is 3. The summed E-state index contributed by atoms with van der Waals surface area (Å²) < 4.78 is 23.0. The van der Waals surface area contributed by atoms with Crippen LogP contribution >= 0.6 is 0 Å². The average molecular weight is 236 g/mol. The molecular formula is C10H10N3O2S. The van der Waals surface area contributed by atoms with Gasteiger partial charge in [0.25, 0.3) is 0 Å². The Morgan fingerprint density at radius 1 is 1.31 bits per heavy atom. The highest BCUT2D eigenvalue weighted by Crippen LogP contribution is 2.12. The van der Waals surface area contributed by atoms with E-state index in [4.69, 9.17) is 0 Å². The molecule has 0 N–H and O–H groups in total. The zero-order valence-electron chi connectivity index (χ0n) is 8.35. The third-order valence-corrected chi connectivity index (χ3v) is 2.67.